The van der Waals surface area contributed by atoms with Crippen LogP contribution in [0.1, 0.15) is 65.2 Å². The molecule has 1 amide bonds. The largest absolute Gasteiger partial charge is 0.453 e. The number of carbonyl (C=O) groups excluding carboxylic acids is 2. The first kappa shape index (κ1) is 17.5. The van der Waals surface area contributed by atoms with Crippen molar-refractivity contribution in [3.05, 3.63) is 12.2 Å². The average molecular weight is 335 g/mol. The number of allylic oxidation sites excluding steroid dienone is 1. The van der Waals surface area contributed by atoms with E-state index in [1.54, 1.807) is 0 Å². The summed E-state index contributed by atoms with van der Waals surface area (Å²) in [4.78, 5) is 24.9. The van der Waals surface area contributed by atoms with E-state index in [4.69, 9.17) is 4.74 Å². The topological polar surface area (TPSA) is 75.6 Å². The minimum Gasteiger partial charge on any atom is -0.453 e. The van der Waals surface area contributed by atoms with Crippen LogP contribution in [0.4, 0.5) is 0 Å². The Kier molecular flexibility index (Phi) is 4.73. The molecule has 0 bridgehead atoms. The van der Waals surface area contributed by atoms with Crippen molar-refractivity contribution in [1.29, 1.82) is 0 Å². The molecule has 24 heavy (non-hydrogen) atoms. The summed E-state index contributed by atoms with van der Waals surface area (Å²) >= 11 is 0. The number of ether oxygens (including phenoxy) is 1. The summed E-state index contributed by atoms with van der Waals surface area (Å²) in [6.07, 6.45) is 10.9. The van der Waals surface area contributed by atoms with Gasteiger partial charge in [0.05, 0.1) is 12.0 Å². The maximum absolute atomic E-state index is 12.6. The van der Waals surface area contributed by atoms with Crippen LogP contribution in [-0.2, 0) is 14.3 Å². The van der Waals surface area contributed by atoms with E-state index in [1.807, 2.05) is 19.1 Å². The molecular formula is C19H29NO4. The fraction of sp³-hybridized carbons (Fsp3) is 0.789. The highest BCUT2D eigenvalue weighted by Gasteiger charge is 2.79. The number of fused-ring (bicyclic) bond motifs is 1. The van der Waals surface area contributed by atoms with Gasteiger partial charge in [0.25, 0.3) is 0 Å². The van der Waals surface area contributed by atoms with Crippen molar-refractivity contribution in [2.75, 3.05) is 0 Å². The minimum atomic E-state index is -1.27. The van der Waals surface area contributed by atoms with Crippen LogP contribution in [0.5, 0.6) is 0 Å². The molecule has 5 heteroatoms. The van der Waals surface area contributed by atoms with Crippen LogP contribution in [-0.4, -0.2) is 34.2 Å². The molecule has 0 aromatic carbocycles. The highest BCUT2D eigenvalue weighted by Crippen LogP contribution is 2.53. The number of carbonyl (C=O) groups is 2. The molecule has 3 aliphatic rings. The third-order valence-electron chi connectivity index (χ3n) is 6.20. The molecule has 0 aromatic rings. The first-order valence-corrected chi connectivity index (χ1v) is 9.37. The lowest BCUT2D eigenvalue weighted by molar-refractivity contribution is -0.238. The summed E-state index contributed by atoms with van der Waals surface area (Å²) in [7, 11) is 0. The number of rotatable bonds is 7. The van der Waals surface area contributed by atoms with Gasteiger partial charge in [-0.15, -0.1) is 0 Å². The predicted octanol–water partition coefficient (Wildman–Crippen LogP) is 2.47. The number of amides is 1. The molecule has 1 unspecified atom stereocenters. The van der Waals surface area contributed by atoms with Gasteiger partial charge in [0, 0.05) is 5.92 Å². The van der Waals surface area contributed by atoms with Gasteiger partial charge in [-0.2, -0.15) is 0 Å². The summed E-state index contributed by atoms with van der Waals surface area (Å²) in [5.41, 5.74) is -2.20. The van der Waals surface area contributed by atoms with Crippen molar-refractivity contribution >= 4 is 11.9 Å². The normalized spacial score (nSPS) is 39.0. The summed E-state index contributed by atoms with van der Waals surface area (Å²) in [6.45, 7) is 3.96. The van der Waals surface area contributed by atoms with Crippen molar-refractivity contribution in [1.82, 2.24) is 5.32 Å². The Hall–Kier alpha value is -1.36. The number of hydrogen-bond donors (Lipinski definition) is 2. The molecular weight excluding hydrogens is 306 g/mol. The summed E-state index contributed by atoms with van der Waals surface area (Å²) in [6, 6.07) is 0. The molecule has 5 atom stereocenters. The van der Waals surface area contributed by atoms with Crippen molar-refractivity contribution in [3.8, 4) is 0 Å². The third kappa shape index (κ3) is 2.40. The molecule has 0 saturated carbocycles. The molecule has 0 radical (unpaired) electrons. The maximum atomic E-state index is 12.6. The van der Waals surface area contributed by atoms with Crippen LogP contribution in [0, 0.1) is 11.8 Å². The zero-order valence-corrected chi connectivity index (χ0v) is 14.7. The van der Waals surface area contributed by atoms with Gasteiger partial charge in [-0.1, -0.05) is 44.8 Å². The van der Waals surface area contributed by atoms with Crippen molar-refractivity contribution in [2.24, 2.45) is 11.8 Å². The van der Waals surface area contributed by atoms with E-state index in [1.165, 1.54) is 0 Å². The summed E-state index contributed by atoms with van der Waals surface area (Å²) in [5.74, 6) is -1.11. The highest BCUT2D eigenvalue weighted by molar-refractivity contribution is 6.01. The lowest BCUT2D eigenvalue weighted by Crippen LogP contribution is -2.80. The number of aliphatic hydroxyl groups is 1. The molecule has 5 nitrogen and oxygen atoms in total. The molecule has 2 fully saturated rings. The first-order valence-electron chi connectivity index (χ1n) is 9.37. The Morgan fingerprint density at radius 3 is 2.79 bits per heavy atom. The lowest BCUT2D eigenvalue weighted by Gasteiger charge is -2.54. The van der Waals surface area contributed by atoms with E-state index in [0.717, 1.165) is 44.9 Å². The highest BCUT2D eigenvalue weighted by atomic mass is 16.6. The maximum Gasteiger partial charge on any atom is 0.339 e. The zero-order valence-electron chi connectivity index (χ0n) is 14.7. The number of hydrogen-bond acceptors (Lipinski definition) is 4. The van der Waals surface area contributed by atoms with Gasteiger partial charge in [-0.25, -0.2) is 4.79 Å². The van der Waals surface area contributed by atoms with Crippen LogP contribution in [0.2, 0.25) is 0 Å². The van der Waals surface area contributed by atoms with Crippen molar-refractivity contribution in [2.45, 2.75) is 82.5 Å². The van der Waals surface area contributed by atoms with Gasteiger partial charge in [0.15, 0.2) is 5.60 Å². The zero-order chi connectivity index (χ0) is 17.4. The molecule has 2 saturated heterocycles. The lowest BCUT2D eigenvalue weighted by atomic mass is 9.64. The molecule has 2 heterocycles. The quantitative estimate of drug-likeness (QED) is 0.426. The van der Waals surface area contributed by atoms with E-state index in [-0.39, 0.29) is 17.7 Å². The van der Waals surface area contributed by atoms with Gasteiger partial charge >= 0.3 is 5.97 Å². The Morgan fingerprint density at radius 1 is 1.38 bits per heavy atom. The van der Waals surface area contributed by atoms with Crippen LogP contribution in [0.25, 0.3) is 0 Å². The Bertz CT molecular complexity index is 545. The van der Waals surface area contributed by atoms with E-state index in [9.17, 15) is 14.7 Å². The van der Waals surface area contributed by atoms with E-state index in [0.29, 0.717) is 6.42 Å². The van der Waals surface area contributed by atoms with Gasteiger partial charge in [0.2, 0.25) is 11.4 Å². The Balaban J connectivity index is 1.79. The second-order valence-electron chi connectivity index (χ2n) is 7.66. The summed E-state index contributed by atoms with van der Waals surface area (Å²) in [5, 5.41) is 13.8. The average Bonchev–Trinajstić information content (AvgIpc) is 2.76. The van der Waals surface area contributed by atoms with Crippen LogP contribution >= 0.6 is 0 Å². The van der Waals surface area contributed by atoms with Crippen molar-refractivity contribution in [3.63, 3.8) is 0 Å². The fourth-order valence-electron chi connectivity index (χ4n) is 4.66. The first-order chi connectivity index (χ1) is 11.5. The van der Waals surface area contributed by atoms with Crippen LogP contribution in [0.3, 0.4) is 0 Å². The predicted molar refractivity (Wildman–Crippen MR) is 90.1 cm³/mol. The standard InChI is InChI=1S/C19H29NO4/c1-3-4-5-9-12-14-16(22)20-19(17(23)24-18(14,19)2)15(21)13-10-7-6-8-11-13/h7,10,13-15,21H,3-6,8-9,11-12H2,1-2H3,(H,20,22)/t13-,14+,15+,18-,19?/m1/s1. The number of aliphatic hydroxyl groups excluding tert-OH is 1. The molecule has 134 valence electrons. The molecule has 1 aliphatic carbocycles. The smallest absolute Gasteiger partial charge is 0.339 e. The molecule has 2 aliphatic heterocycles. The van der Waals surface area contributed by atoms with Gasteiger partial charge in [-0.05, 0) is 32.6 Å². The SMILES string of the molecule is CCCCCC[C@H]1C(=O)NC2([C@@H](O)[C@@H]3C=CCCC3)C(=O)O[C@]12C. The van der Waals surface area contributed by atoms with E-state index >= 15 is 0 Å². The van der Waals surface area contributed by atoms with E-state index < -0.39 is 23.2 Å². The molecule has 0 spiro atoms. The van der Waals surface area contributed by atoms with Gasteiger partial charge < -0.3 is 15.2 Å². The number of esters is 1. The number of nitrogens with one attached hydrogen (secondary N) is 1. The second-order valence-corrected chi connectivity index (χ2v) is 7.66. The third-order valence-corrected chi connectivity index (χ3v) is 6.20. The minimum absolute atomic E-state index is 0.106. The number of unbranched alkanes of at least 4 members (excludes halogenated alkanes) is 3. The van der Waals surface area contributed by atoms with Crippen LogP contribution < -0.4 is 5.32 Å². The fourth-order valence-corrected chi connectivity index (χ4v) is 4.66. The molecule has 2 N–H and O–H groups in total. The molecule has 3 rings (SSSR count). The van der Waals surface area contributed by atoms with E-state index in [2.05, 4.69) is 12.2 Å². The van der Waals surface area contributed by atoms with Gasteiger partial charge in [0.1, 0.15) is 0 Å². The molecule has 0 aromatic heterocycles. The Morgan fingerprint density at radius 2 is 2.17 bits per heavy atom. The Labute approximate surface area is 143 Å². The second kappa shape index (κ2) is 6.51. The van der Waals surface area contributed by atoms with Crippen molar-refractivity contribution < 1.29 is 19.4 Å². The van der Waals surface area contributed by atoms with Crippen LogP contribution in [0.15, 0.2) is 12.2 Å². The monoisotopic (exact) mass is 335 g/mol. The summed E-state index contributed by atoms with van der Waals surface area (Å²) < 4.78 is 5.50. The van der Waals surface area contributed by atoms with Gasteiger partial charge in [-0.3, -0.25) is 4.79 Å².